The summed E-state index contributed by atoms with van der Waals surface area (Å²) in [6, 6.07) is 6.66. The van der Waals surface area contributed by atoms with E-state index in [1.54, 1.807) is 18.2 Å². The summed E-state index contributed by atoms with van der Waals surface area (Å²) in [7, 11) is 0. The molecule has 0 saturated carbocycles. The van der Waals surface area contributed by atoms with Crippen molar-refractivity contribution in [2.45, 2.75) is 38.7 Å². The van der Waals surface area contributed by atoms with Crippen LogP contribution in [0.5, 0.6) is 5.75 Å². The van der Waals surface area contributed by atoms with Crippen molar-refractivity contribution in [1.82, 2.24) is 4.90 Å². The van der Waals surface area contributed by atoms with Crippen LogP contribution in [-0.4, -0.2) is 30.4 Å². The number of hydrogen-bond donors (Lipinski definition) is 1. The Hall–Kier alpha value is -1.27. The van der Waals surface area contributed by atoms with Gasteiger partial charge in [-0.1, -0.05) is 18.2 Å². The summed E-state index contributed by atoms with van der Waals surface area (Å²) in [5.74, 6) is 0.295. The van der Waals surface area contributed by atoms with Crippen molar-refractivity contribution in [2.75, 3.05) is 13.1 Å². The third-order valence-electron chi connectivity index (χ3n) is 4.01. The Morgan fingerprint density at radius 2 is 2.00 bits per heavy atom. The van der Waals surface area contributed by atoms with Gasteiger partial charge in [0.05, 0.1) is 0 Å². The first-order chi connectivity index (χ1) is 9.89. The second-order valence-corrected chi connectivity index (χ2v) is 5.61. The maximum atomic E-state index is 12.4. The number of ether oxygens (including phenoxy) is 1. The number of hydrogen-bond acceptors (Lipinski definition) is 3. The maximum Gasteiger partial charge on any atom is 0.573 e. The van der Waals surface area contributed by atoms with Gasteiger partial charge in [-0.05, 0) is 38.3 Å². The molecular weight excluding hydrogens is 281 g/mol. The van der Waals surface area contributed by atoms with Crippen LogP contribution in [0.15, 0.2) is 24.3 Å². The van der Waals surface area contributed by atoms with Crippen LogP contribution in [0, 0.1) is 5.92 Å². The Morgan fingerprint density at radius 1 is 1.29 bits per heavy atom. The molecule has 3 nitrogen and oxygen atoms in total. The molecule has 0 radical (unpaired) electrons. The predicted molar refractivity (Wildman–Crippen MR) is 74.8 cm³/mol. The Kier molecular flexibility index (Phi) is 5.11. The lowest BCUT2D eigenvalue weighted by atomic mass is 9.93. The van der Waals surface area contributed by atoms with E-state index >= 15 is 0 Å². The molecule has 2 unspecified atom stereocenters. The van der Waals surface area contributed by atoms with Gasteiger partial charge in [-0.2, -0.15) is 0 Å². The van der Waals surface area contributed by atoms with E-state index in [2.05, 4.69) is 16.6 Å². The minimum Gasteiger partial charge on any atom is -0.405 e. The number of nitrogens with two attached hydrogens (primary N) is 1. The summed E-state index contributed by atoms with van der Waals surface area (Å²) >= 11 is 0. The average Bonchev–Trinajstić information content (AvgIpc) is 2.42. The summed E-state index contributed by atoms with van der Waals surface area (Å²) in [5.41, 5.74) is 6.27. The van der Waals surface area contributed by atoms with Gasteiger partial charge in [0.2, 0.25) is 0 Å². The molecule has 1 aliphatic heterocycles. The number of para-hydroxylation sites is 1. The van der Waals surface area contributed by atoms with Crippen LogP contribution in [-0.2, 0) is 6.54 Å². The third kappa shape index (κ3) is 4.61. The van der Waals surface area contributed by atoms with Crippen molar-refractivity contribution in [3.05, 3.63) is 29.8 Å². The molecule has 0 aliphatic carbocycles. The van der Waals surface area contributed by atoms with Crippen LogP contribution in [0.2, 0.25) is 0 Å². The number of nitrogens with zero attached hydrogens (tertiary/aromatic N) is 1. The van der Waals surface area contributed by atoms with Gasteiger partial charge in [0, 0.05) is 24.7 Å². The third-order valence-corrected chi connectivity index (χ3v) is 4.01. The molecule has 118 valence electrons. The number of halogens is 3. The number of piperidine rings is 1. The fourth-order valence-electron chi connectivity index (χ4n) is 2.75. The molecule has 2 N–H and O–H groups in total. The second-order valence-electron chi connectivity index (χ2n) is 5.61. The van der Waals surface area contributed by atoms with Gasteiger partial charge in [-0.25, -0.2) is 0 Å². The first-order valence-corrected chi connectivity index (χ1v) is 7.17. The molecule has 0 spiro atoms. The smallest absolute Gasteiger partial charge is 0.405 e. The zero-order valence-electron chi connectivity index (χ0n) is 12.1. The maximum absolute atomic E-state index is 12.4. The summed E-state index contributed by atoms with van der Waals surface area (Å²) in [5, 5.41) is 0. The van der Waals surface area contributed by atoms with Crippen LogP contribution in [0.1, 0.15) is 25.3 Å². The summed E-state index contributed by atoms with van der Waals surface area (Å²) in [6.07, 6.45) is -2.57. The topological polar surface area (TPSA) is 38.5 Å². The van der Waals surface area contributed by atoms with Gasteiger partial charge in [0.25, 0.3) is 0 Å². The summed E-state index contributed by atoms with van der Waals surface area (Å²) < 4.78 is 41.4. The van der Waals surface area contributed by atoms with Crippen molar-refractivity contribution in [3.8, 4) is 5.75 Å². The summed E-state index contributed by atoms with van der Waals surface area (Å²) in [6.45, 7) is 3.98. The molecule has 1 aromatic rings. The highest BCUT2D eigenvalue weighted by Gasteiger charge is 2.32. The van der Waals surface area contributed by atoms with Crippen molar-refractivity contribution >= 4 is 0 Å². The molecular formula is C15H21F3N2O. The fourth-order valence-corrected chi connectivity index (χ4v) is 2.75. The minimum absolute atomic E-state index is 0.118. The molecule has 0 aromatic heterocycles. The largest absolute Gasteiger partial charge is 0.573 e. The van der Waals surface area contributed by atoms with Crippen molar-refractivity contribution < 1.29 is 17.9 Å². The van der Waals surface area contributed by atoms with Crippen molar-refractivity contribution in [3.63, 3.8) is 0 Å². The highest BCUT2D eigenvalue weighted by molar-refractivity contribution is 5.33. The zero-order chi connectivity index (χ0) is 15.5. The summed E-state index contributed by atoms with van der Waals surface area (Å²) in [4.78, 5) is 2.18. The molecule has 0 bridgehead atoms. The lowest BCUT2D eigenvalue weighted by Gasteiger charge is -2.37. The van der Waals surface area contributed by atoms with Crippen molar-refractivity contribution in [2.24, 2.45) is 11.7 Å². The van der Waals surface area contributed by atoms with Crippen LogP contribution in [0.3, 0.4) is 0 Å². The van der Waals surface area contributed by atoms with Crippen LogP contribution < -0.4 is 10.5 Å². The Bertz CT molecular complexity index is 464. The minimum atomic E-state index is -4.66. The molecule has 1 saturated heterocycles. The monoisotopic (exact) mass is 302 g/mol. The number of rotatable bonds is 4. The molecule has 1 aliphatic rings. The highest BCUT2D eigenvalue weighted by atomic mass is 19.4. The van der Waals surface area contributed by atoms with Crippen LogP contribution in [0.25, 0.3) is 0 Å². The van der Waals surface area contributed by atoms with E-state index in [1.165, 1.54) is 6.07 Å². The average molecular weight is 302 g/mol. The Morgan fingerprint density at radius 3 is 2.67 bits per heavy atom. The van der Waals surface area contributed by atoms with Gasteiger partial charge >= 0.3 is 6.36 Å². The predicted octanol–water partition coefficient (Wildman–Crippen LogP) is 3.14. The van der Waals surface area contributed by atoms with Crippen LogP contribution >= 0.6 is 0 Å². The molecule has 6 heteroatoms. The quantitative estimate of drug-likeness (QED) is 0.928. The molecule has 1 fully saturated rings. The molecule has 1 heterocycles. The van der Waals surface area contributed by atoms with E-state index in [0.717, 1.165) is 19.4 Å². The van der Waals surface area contributed by atoms with E-state index in [9.17, 15) is 13.2 Å². The van der Waals surface area contributed by atoms with Gasteiger partial charge < -0.3 is 10.5 Å². The molecule has 1 aromatic carbocycles. The normalized spacial score (nSPS) is 24.0. The first kappa shape index (κ1) is 16.1. The van der Waals surface area contributed by atoms with Gasteiger partial charge in [0.1, 0.15) is 5.75 Å². The number of alkyl halides is 3. The van der Waals surface area contributed by atoms with E-state index in [4.69, 9.17) is 5.73 Å². The number of likely N-dealkylation sites (tertiary alicyclic amines) is 1. The standard InChI is InChI=1S/C15H21F3N2O/c1-11-6-7-12(8-19)9-20(11)10-13-4-2-3-5-14(13)21-15(16,17)18/h2-5,11-12H,6-10,19H2,1H3. The molecule has 2 rings (SSSR count). The second kappa shape index (κ2) is 6.66. The lowest BCUT2D eigenvalue weighted by Crippen LogP contribution is -2.43. The first-order valence-electron chi connectivity index (χ1n) is 7.17. The van der Waals surface area contributed by atoms with Gasteiger partial charge in [-0.15, -0.1) is 13.2 Å². The molecule has 2 atom stereocenters. The van der Waals surface area contributed by atoms with E-state index in [0.29, 0.717) is 30.6 Å². The van der Waals surface area contributed by atoms with Crippen LogP contribution in [0.4, 0.5) is 13.2 Å². The lowest BCUT2D eigenvalue weighted by molar-refractivity contribution is -0.275. The molecule has 21 heavy (non-hydrogen) atoms. The molecule has 0 amide bonds. The van der Waals surface area contributed by atoms with E-state index < -0.39 is 6.36 Å². The van der Waals surface area contributed by atoms with E-state index in [-0.39, 0.29) is 5.75 Å². The van der Waals surface area contributed by atoms with E-state index in [1.807, 2.05) is 0 Å². The van der Waals surface area contributed by atoms with Gasteiger partial charge in [0.15, 0.2) is 0 Å². The number of benzene rings is 1. The highest BCUT2D eigenvalue weighted by Crippen LogP contribution is 2.29. The zero-order valence-corrected chi connectivity index (χ0v) is 12.1. The Balaban J connectivity index is 2.11. The van der Waals surface area contributed by atoms with Crippen molar-refractivity contribution in [1.29, 1.82) is 0 Å². The van der Waals surface area contributed by atoms with Gasteiger partial charge in [-0.3, -0.25) is 4.90 Å². The Labute approximate surface area is 122 Å². The SMILES string of the molecule is CC1CCC(CN)CN1Cc1ccccc1OC(F)(F)F. The fraction of sp³-hybridized carbons (Fsp3) is 0.600.